The maximum Gasteiger partial charge on any atom is 0.335 e. The Morgan fingerprint density at radius 1 is 1.14 bits per heavy atom. The first-order valence-electron chi connectivity index (χ1n) is 10.3. The van der Waals surface area contributed by atoms with Gasteiger partial charge in [0.1, 0.15) is 0 Å². The summed E-state index contributed by atoms with van der Waals surface area (Å²) >= 11 is 6.32. The summed E-state index contributed by atoms with van der Waals surface area (Å²) in [5.41, 5.74) is 11.1. The van der Waals surface area contributed by atoms with Crippen molar-refractivity contribution < 1.29 is 9.90 Å². The molecular formula is C23H24ClN3O2. The number of aromatic carboxylic acids is 1. The largest absolute Gasteiger partial charge is 0.478 e. The third kappa shape index (κ3) is 3.08. The Morgan fingerprint density at radius 3 is 2.66 bits per heavy atom. The van der Waals surface area contributed by atoms with E-state index in [4.69, 9.17) is 22.4 Å². The van der Waals surface area contributed by atoms with E-state index in [0.717, 1.165) is 35.4 Å². The molecule has 0 bridgehead atoms. The zero-order chi connectivity index (χ0) is 20.1. The number of nitrogens with zero attached hydrogens (tertiary/aromatic N) is 2. The van der Waals surface area contributed by atoms with Gasteiger partial charge in [-0.2, -0.15) is 5.10 Å². The summed E-state index contributed by atoms with van der Waals surface area (Å²) in [6, 6.07) is 11.5. The highest BCUT2D eigenvalue weighted by molar-refractivity contribution is 6.33. The van der Waals surface area contributed by atoms with Crippen molar-refractivity contribution in [1.29, 1.82) is 0 Å². The first-order chi connectivity index (χ1) is 14.0. The van der Waals surface area contributed by atoms with E-state index in [2.05, 4.69) is 5.01 Å². The van der Waals surface area contributed by atoms with E-state index < -0.39 is 5.97 Å². The van der Waals surface area contributed by atoms with Crippen molar-refractivity contribution in [3.05, 3.63) is 58.1 Å². The summed E-state index contributed by atoms with van der Waals surface area (Å²) in [5.74, 6) is 0.0836. The number of halogens is 1. The number of carboxylic acids is 1. The van der Waals surface area contributed by atoms with Crippen LogP contribution in [0.1, 0.15) is 53.6 Å². The summed E-state index contributed by atoms with van der Waals surface area (Å²) in [6.07, 6.45) is 6.90. The fourth-order valence-electron chi connectivity index (χ4n) is 5.36. The van der Waals surface area contributed by atoms with Crippen LogP contribution in [-0.4, -0.2) is 22.8 Å². The zero-order valence-corrected chi connectivity index (χ0v) is 16.9. The Kier molecular flexibility index (Phi) is 4.50. The number of nitrogens with two attached hydrogens (primary N) is 1. The minimum absolute atomic E-state index is 0.319. The minimum atomic E-state index is -0.884. The number of hydrogen-bond donors (Lipinski definition) is 2. The molecule has 0 radical (unpaired) electrons. The third-order valence-electron chi connectivity index (χ3n) is 6.75. The average Bonchev–Trinajstić information content (AvgIpc) is 3.36. The number of fused-ring (bicyclic) bond motifs is 3. The van der Waals surface area contributed by atoms with E-state index >= 15 is 0 Å². The summed E-state index contributed by atoms with van der Waals surface area (Å²) in [5, 5.41) is 17.2. The van der Waals surface area contributed by atoms with E-state index in [1.54, 1.807) is 6.07 Å². The first kappa shape index (κ1) is 18.5. The SMILES string of the molecule is Nc1ccc(N2N=C3c4ccc(C(=O)O)cc4CCC3C2C2CCCC2)cc1Cl. The van der Waals surface area contributed by atoms with Crippen LogP contribution < -0.4 is 10.7 Å². The van der Waals surface area contributed by atoms with Crippen LogP contribution in [0.5, 0.6) is 0 Å². The van der Waals surface area contributed by atoms with Crippen molar-refractivity contribution in [2.75, 3.05) is 10.7 Å². The van der Waals surface area contributed by atoms with Gasteiger partial charge in [-0.25, -0.2) is 4.79 Å². The number of hydrogen-bond acceptors (Lipinski definition) is 4. The molecule has 150 valence electrons. The van der Waals surface area contributed by atoms with Crippen LogP contribution in [0, 0.1) is 11.8 Å². The molecule has 2 aromatic rings. The fraction of sp³-hybridized carbons (Fsp3) is 0.391. The van der Waals surface area contributed by atoms with Gasteiger partial charge >= 0.3 is 5.97 Å². The predicted octanol–water partition coefficient (Wildman–Crippen LogP) is 4.97. The van der Waals surface area contributed by atoms with E-state index in [1.807, 2.05) is 30.3 Å². The maximum atomic E-state index is 11.4. The van der Waals surface area contributed by atoms with Crippen molar-refractivity contribution >= 4 is 34.7 Å². The number of nitrogen functional groups attached to an aromatic ring is 1. The van der Waals surface area contributed by atoms with Crippen molar-refractivity contribution in [3.8, 4) is 0 Å². The molecule has 1 aliphatic heterocycles. The van der Waals surface area contributed by atoms with Crippen molar-refractivity contribution in [2.45, 2.75) is 44.6 Å². The monoisotopic (exact) mass is 409 g/mol. The van der Waals surface area contributed by atoms with E-state index in [9.17, 15) is 9.90 Å². The molecule has 3 aliphatic rings. The Hall–Kier alpha value is -2.53. The van der Waals surface area contributed by atoms with Gasteiger partial charge in [-0.05, 0) is 67.5 Å². The maximum absolute atomic E-state index is 11.4. The van der Waals surface area contributed by atoms with Crippen LogP contribution in [0.4, 0.5) is 11.4 Å². The van der Waals surface area contributed by atoms with E-state index in [1.165, 1.54) is 25.7 Å². The minimum Gasteiger partial charge on any atom is -0.478 e. The second kappa shape index (κ2) is 7.06. The number of rotatable bonds is 3. The van der Waals surface area contributed by atoms with Crippen molar-refractivity contribution in [1.82, 2.24) is 0 Å². The number of aryl methyl sites for hydroxylation is 1. The number of carboxylic acid groups (broad SMARTS) is 1. The standard InChI is InChI=1S/C23H24ClN3O2/c24-19-12-16(7-10-20(19)25)27-22(13-3-1-2-4-13)18-9-5-14-11-15(23(28)29)6-8-17(14)21(18)26-27/h6-8,10-13,18,22H,1-5,9,25H2,(H,28,29). The zero-order valence-electron chi connectivity index (χ0n) is 16.1. The van der Waals surface area contributed by atoms with Gasteiger partial charge in [-0.1, -0.05) is 30.5 Å². The van der Waals surface area contributed by atoms with E-state index in [-0.39, 0.29) is 0 Å². The Morgan fingerprint density at radius 2 is 1.93 bits per heavy atom. The van der Waals surface area contributed by atoms with Crippen LogP contribution >= 0.6 is 11.6 Å². The molecule has 29 heavy (non-hydrogen) atoms. The molecule has 5 rings (SSSR count). The molecule has 2 atom stereocenters. The molecule has 6 heteroatoms. The second-order valence-electron chi connectivity index (χ2n) is 8.39. The lowest BCUT2D eigenvalue weighted by molar-refractivity contribution is 0.0696. The van der Waals surface area contributed by atoms with Crippen LogP contribution in [0.25, 0.3) is 0 Å². The topological polar surface area (TPSA) is 78.9 Å². The normalized spacial score (nSPS) is 23.6. The highest BCUT2D eigenvalue weighted by Gasteiger charge is 2.45. The van der Waals surface area contributed by atoms with Crippen LogP contribution in [-0.2, 0) is 6.42 Å². The van der Waals surface area contributed by atoms with Crippen molar-refractivity contribution in [2.24, 2.45) is 16.9 Å². The lowest BCUT2D eigenvalue weighted by Gasteiger charge is -2.34. The number of hydrazone groups is 1. The van der Waals surface area contributed by atoms with Gasteiger partial charge in [-0.3, -0.25) is 5.01 Å². The van der Waals surface area contributed by atoms with Gasteiger partial charge < -0.3 is 10.8 Å². The quantitative estimate of drug-likeness (QED) is 0.702. The predicted molar refractivity (Wildman–Crippen MR) is 116 cm³/mol. The van der Waals surface area contributed by atoms with Gasteiger partial charge in [0.2, 0.25) is 0 Å². The summed E-state index contributed by atoms with van der Waals surface area (Å²) in [4.78, 5) is 11.4. The smallest absolute Gasteiger partial charge is 0.335 e. The molecule has 0 saturated heterocycles. The Bertz CT molecular complexity index is 1010. The van der Waals surface area contributed by atoms with Gasteiger partial charge in [0.05, 0.1) is 33.7 Å². The summed E-state index contributed by atoms with van der Waals surface area (Å²) < 4.78 is 0. The van der Waals surface area contributed by atoms with Gasteiger partial charge in [-0.15, -0.1) is 0 Å². The Balaban J connectivity index is 1.59. The molecule has 0 amide bonds. The molecule has 0 spiro atoms. The van der Waals surface area contributed by atoms with Crippen molar-refractivity contribution in [3.63, 3.8) is 0 Å². The number of benzene rings is 2. The molecule has 3 N–H and O–H groups in total. The Labute approximate surface area is 175 Å². The summed E-state index contributed by atoms with van der Waals surface area (Å²) in [6.45, 7) is 0. The molecule has 0 aromatic heterocycles. The fourth-order valence-corrected chi connectivity index (χ4v) is 5.53. The highest BCUT2D eigenvalue weighted by atomic mass is 35.5. The molecule has 2 aromatic carbocycles. The molecule has 1 saturated carbocycles. The van der Waals surface area contributed by atoms with Gasteiger partial charge in [0.25, 0.3) is 0 Å². The van der Waals surface area contributed by atoms with E-state index in [0.29, 0.717) is 34.2 Å². The van der Waals surface area contributed by atoms with Crippen LogP contribution in [0.2, 0.25) is 5.02 Å². The molecule has 1 heterocycles. The molecular weight excluding hydrogens is 386 g/mol. The third-order valence-corrected chi connectivity index (χ3v) is 7.07. The highest BCUT2D eigenvalue weighted by Crippen LogP contribution is 2.45. The van der Waals surface area contributed by atoms with Gasteiger partial charge in [0, 0.05) is 11.5 Å². The molecule has 1 fully saturated rings. The second-order valence-corrected chi connectivity index (χ2v) is 8.80. The first-order valence-corrected chi connectivity index (χ1v) is 10.7. The number of anilines is 2. The summed E-state index contributed by atoms with van der Waals surface area (Å²) in [7, 11) is 0. The average molecular weight is 410 g/mol. The van der Waals surface area contributed by atoms with Crippen LogP contribution in [0.3, 0.4) is 0 Å². The van der Waals surface area contributed by atoms with Gasteiger partial charge in [0.15, 0.2) is 0 Å². The lowest BCUT2D eigenvalue weighted by atomic mass is 9.75. The van der Waals surface area contributed by atoms with Crippen LogP contribution in [0.15, 0.2) is 41.5 Å². The molecule has 2 unspecified atom stereocenters. The molecule has 5 nitrogen and oxygen atoms in total. The number of carbonyl (C=O) groups is 1. The molecule has 2 aliphatic carbocycles. The lowest BCUT2D eigenvalue weighted by Crippen LogP contribution is -2.40.